The Balaban J connectivity index is 2.22. The zero-order valence-corrected chi connectivity index (χ0v) is 11.7. The van der Waals surface area contributed by atoms with E-state index in [9.17, 15) is 4.79 Å². The second-order valence-electron chi connectivity index (χ2n) is 4.92. The molecular formula is C12H15BrN2O2. The minimum absolute atomic E-state index is 0.380. The molecule has 1 aliphatic rings. The quantitative estimate of drug-likeness (QED) is 0.800. The average molecular weight is 299 g/mol. The number of fused-ring (bicyclic) bond motifs is 1. The second-order valence-corrected chi connectivity index (χ2v) is 5.84. The van der Waals surface area contributed by atoms with Crippen LogP contribution in [0.5, 0.6) is 0 Å². The molecule has 1 heterocycles. The van der Waals surface area contributed by atoms with E-state index in [4.69, 9.17) is 4.74 Å². The highest BCUT2D eigenvalue weighted by Gasteiger charge is 2.28. The molecule has 0 saturated carbocycles. The minimum Gasteiger partial charge on any atom is -0.442 e. The van der Waals surface area contributed by atoms with Crippen LogP contribution in [0.15, 0.2) is 22.7 Å². The maximum Gasteiger partial charge on any atom is 0.429 e. The number of hydrazine groups is 1. The number of anilines is 1. The number of halogens is 1. The number of carbonyl (C=O) groups is 1. The van der Waals surface area contributed by atoms with E-state index in [0.29, 0.717) is 6.54 Å². The zero-order chi connectivity index (χ0) is 12.6. The van der Waals surface area contributed by atoms with Gasteiger partial charge < -0.3 is 4.74 Å². The lowest BCUT2D eigenvalue weighted by atomic mass is 10.2. The van der Waals surface area contributed by atoms with Gasteiger partial charge in [0.05, 0.1) is 5.69 Å². The van der Waals surface area contributed by atoms with E-state index in [0.717, 1.165) is 15.7 Å². The lowest BCUT2D eigenvalue weighted by molar-refractivity contribution is 0.0565. The highest BCUT2D eigenvalue weighted by atomic mass is 79.9. The van der Waals surface area contributed by atoms with Crippen LogP contribution < -0.4 is 10.4 Å². The largest absolute Gasteiger partial charge is 0.442 e. The van der Waals surface area contributed by atoms with Crippen molar-refractivity contribution in [2.75, 3.05) is 5.01 Å². The van der Waals surface area contributed by atoms with Gasteiger partial charge in [0.15, 0.2) is 0 Å². The summed E-state index contributed by atoms with van der Waals surface area (Å²) in [5, 5.41) is 1.45. The molecule has 0 fully saturated rings. The van der Waals surface area contributed by atoms with Crippen molar-refractivity contribution in [3.05, 3.63) is 28.2 Å². The van der Waals surface area contributed by atoms with Crippen molar-refractivity contribution < 1.29 is 9.53 Å². The van der Waals surface area contributed by atoms with Crippen LogP contribution >= 0.6 is 15.9 Å². The Bertz CT molecular complexity index is 454. The van der Waals surface area contributed by atoms with E-state index in [-0.39, 0.29) is 6.09 Å². The zero-order valence-electron chi connectivity index (χ0n) is 10.1. The van der Waals surface area contributed by atoms with Crippen molar-refractivity contribution in [3.8, 4) is 0 Å². The Morgan fingerprint density at radius 2 is 2.18 bits per heavy atom. The number of nitrogens with zero attached hydrogens (tertiary/aromatic N) is 1. The predicted octanol–water partition coefficient (Wildman–Crippen LogP) is 3.21. The molecule has 17 heavy (non-hydrogen) atoms. The maximum atomic E-state index is 12.0. The van der Waals surface area contributed by atoms with Gasteiger partial charge in [-0.3, -0.25) is 0 Å². The van der Waals surface area contributed by atoms with E-state index in [1.165, 1.54) is 5.01 Å². The molecule has 0 radical (unpaired) electrons. The third-order valence-electron chi connectivity index (χ3n) is 2.29. The first kappa shape index (κ1) is 12.4. The van der Waals surface area contributed by atoms with Crippen LogP contribution in [-0.2, 0) is 11.3 Å². The van der Waals surface area contributed by atoms with Gasteiger partial charge in [-0.2, -0.15) is 0 Å². The molecule has 1 amide bonds. The smallest absolute Gasteiger partial charge is 0.429 e. The number of amides is 1. The van der Waals surface area contributed by atoms with Crippen molar-refractivity contribution in [1.29, 1.82) is 0 Å². The summed E-state index contributed by atoms with van der Waals surface area (Å²) in [6.07, 6.45) is -0.380. The first-order valence-electron chi connectivity index (χ1n) is 5.42. The third-order valence-corrected chi connectivity index (χ3v) is 2.79. The maximum absolute atomic E-state index is 12.0. The van der Waals surface area contributed by atoms with Crippen LogP contribution in [0.4, 0.5) is 10.5 Å². The van der Waals surface area contributed by atoms with Crippen molar-refractivity contribution in [1.82, 2.24) is 5.43 Å². The van der Waals surface area contributed by atoms with Gasteiger partial charge in [0.2, 0.25) is 0 Å². The van der Waals surface area contributed by atoms with Crippen molar-refractivity contribution >= 4 is 27.7 Å². The normalized spacial score (nSPS) is 14.7. The molecule has 0 aliphatic carbocycles. The Morgan fingerprint density at radius 1 is 1.47 bits per heavy atom. The van der Waals surface area contributed by atoms with Gasteiger partial charge in [0.25, 0.3) is 0 Å². The monoisotopic (exact) mass is 298 g/mol. The lowest BCUT2D eigenvalue weighted by Crippen LogP contribution is -2.42. The fourth-order valence-electron chi connectivity index (χ4n) is 1.61. The van der Waals surface area contributed by atoms with E-state index >= 15 is 0 Å². The Morgan fingerprint density at radius 3 is 2.82 bits per heavy atom. The molecule has 0 bridgehead atoms. The fraction of sp³-hybridized carbons (Fsp3) is 0.417. The van der Waals surface area contributed by atoms with Gasteiger partial charge in [0, 0.05) is 11.0 Å². The van der Waals surface area contributed by atoms with Gasteiger partial charge in [0.1, 0.15) is 5.60 Å². The molecule has 1 N–H and O–H groups in total. The topological polar surface area (TPSA) is 41.6 Å². The first-order valence-corrected chi connectivity index (χ1v) is 6.21. The number of hydrogen-bond acceptors (Lipinski definition) is 3. The highest BCUT2D eigenvalue weighted by Crippen LogP contribution is 2.29. The van der Waals surface area contributed by atoms with Gasteiger partial charge in [-0.15, -0.1) is 0 Å². The molecule has 0 aromatic heterocycles. The van der Waals surface area contributed by atoms with Gasteiger partial charge >= 0.3 is 6.09 Å². The van der Waals surface area contributed by atoms with Crippen LogP contribution in [-0.4, -0.2) is 11.7 Å². The van der Waals surface area contributed by atoms with Crippen molar-refractivity contribution in [2.24, 2.45) is 0 Å². The minimum atomic E-state index is -0.493. The van der Waals surface area contributed by atoms with Gasteiger partial charge in [-0.25, -0.2) is 15.2 Å². The summed E-state index contributed by atoms with van der Waals surface area (Å²) in [5.41, 5.74) is 4.44. The summed E-state index contributed by atoms with van der Waals surface area (Å²) >= 11 is 3.40. The highest BCUT2D eigenvalue weighted by molar-refractivity contribution is 9.10. The fourth-order valence-corrected chi connectivity index (χ4v) is 1.96. The molecule has 92 valence electrons. The van der Waals surface area contributed by atoms with Crippen LogP contribution in [0.1, 0.15) is 26.3 Å². The Labute approximate surface area is 109 Å². The molecule has 0 spiro atoms. The van der Waals surface area contributed by atoms with E-state index in [1.54, 1.807) is 0 Å². The number of nitrogens with one attached hydrogen (secondary N) is 1. The molecule has 4 nitrogen and oxygen atoms in total. The van der Waals surface area contributed by atoms with Crippen molar-refractivity contribution in [2.45, 2.75) is 32.9 Å². The number of benzene rings is 1. The number of carbonyl (C=O) groups excluding carboxylic acids is 1. The first-order chi connectivity index (χ1) is 7.87. The van der Waals surface area contributed by atoms with Crippen LogP contribution in [0.2, 0.25) is 0 Å². The Kier molecular flexibility index (Phi) is 3.14. The third kappa shape index (κ3) is 2.79. The predicted molar refractivity (Wildman–Crippen MR) is 69.7 cm³/mol. The summed E-state index contributed by atoms with van der Waals surface area (Å²) in [7, 11) is 0. The SMILES string of the molecule is CC(C)(C)OC(=O)N1NCc2ccc(Br)cc21. The lowest BCUT2D eigenvalue weighted by Gasteiger charge is -2.24. The standard InChI is InChI=1S/C12H15BrN2O2/c1-12(2,3)17-11(16)15-10-6-9(13)5-4-8(10)7-14-15/h4-6,14H,7H2,1-3H3. The molecule has 0 saturated heterocycles. The van der Waals surface area contributed by atoms with Crippen LogP contribution in [0.3, 0.4) is 0 Å². The molecular weight excluding hydrogens is 284 g/mol. The Hall–Kier alpha value is -1.07. The molecule has 1 aromatic rings. The molecule has 5 heteroatoms. The van der Waals surface area contributed by atoms with E-state index in [1.807, 2.05) is 39.0 Å². The van der Waals surface area contributed by atoms with E-state index in [2.05, 4.69) is 21.4 Å². The summed E-state index contributed by atoms with van der Waals surface area (Å²) in [4.78, 5) is 12.0. The van der Waals surface area contributed by atoms with Gasteiger partial charge in [-0.1, -0.05) is 22.0 Å². The summed E-state index contributed by atoms with van der Waals surface area (Å²) < 4.78 is 6.27. The average Bonchev–Trinajstić information content (AvgIpc) is 2.57. The number of hydrogen-bond donors (Lipinski definition) is 1. The number of rotatable bonds is 0. The van der Waals surface area contributed by atoms with Gasteiger partial charge in [-0.05, 0) is 38.5 Å². The summed E-state index contributed by atoms with van der Waals surface area (Å²) in [6.45, 7) is 6.19. The molecule has 0 atom stereocenters. The molecule has 0 unspecified atom stereocenters. The summed E-state index contributed by atoms with van der Waals surface area (Å²) in [5.74, 6) is 0. The van der Waals surface area contributed by atoms with Crippen LogP contribution in [0.25, 0.3) is 0 Å². The molecule has 2 rings (SSSR count). The van der Waals surface area contributed by atoms with Crippen LogP contribution in [0, 0.1) is 0 Å². The van der Waals surface area contributed by atoms with E-state index < -0.39 is 5.60 Å². The second kappa shape index (κ2) is 4.31. The van der Waals surface area contributed by atoms with Crippen molar-refractivity contribution in [3.63, 3.8) is 0 Å². The summed E-state index contributed by atoms with van der Waals surface area (Å²) in [6, 6.07) is 5.84. The molecule has 1 aliphatic heterocycles. The molecule has 1 aromatic carbocycles. The number of ether oxygens (including phenoxy) is 1.